The Kier molecular flexibility index (Phi) is 19.1. The van der Waals surface area contributed by atoms with Gasteiger partial charge in [0.1, 0.15) is 61.0 Å². The van der Waals surface area contributed by atoms with Crippen molar-refractivity contribution in [3.63, 3.8) is 0 Å². The summed E-state index contributed by atoms with van der Waals surface area (Å²) in [6.07, 6.45) is -15.3. The van der Waals surface area contributed by atoms with Crippen molar-refractivity contribution in [1.82, 2.24) is 5.32 Å². The van der Waals surface area contributed by atoms with Gasteiger partial charge in [-0.1, -0.05) is 140 Å². The zero-order valence-electron chi connectivity index (χ0n) is 43.4. The molecule has 76 heavy (non-hydrogen) atoms. The van der Waals surface area contributed by atoms with Crippen LogP contribution < -0.4 is 5.32 Å². The molecule has 17 nitrogen and oxygen atoms in total. The van der Waals surface area contributed by atoms with Gasteiger partial charge in [0.25, 0.3) is 0 Å². The van der Waals surface area contributed by atoms with Crippen molar-refractivity contribution in [2.24, 2.45) is 0 Å². The second-order valence-electron chi connectivity index (χ2n) is 19.8. The number of ether oxygens (including phenoxy) is 13. The number of amides is 1. The zero-order chi connectivity index (χ0) is 53.0. The van der Waals surface area contributed by atoms with E-state index in [0.29, 0.717) is 0 Å². The molecule has 4 fully saturated rings. The SMILES string of the molecule is CO[C@@H]1O[C@@H]2COC(C)(C)O[C@H]2[C@H](O[C@@H]2O[C@@H](C)[C@H](O[C@H]3O[C@H](COCc4ccccc4)[C@@H](OCc4ccccc4)[C@H](OCc4ccccc4)[C@H]3OCc3ccccc3)[C@@H](O)[C@H]2OC(=O)c2ccccc2)[C@H]1NC(C)=O. The summed E-state index contributed by atoms with van der Waals surface area (Å²) in [5.74, 6) is -2.24. The van der Waals surface area contributed by atoms with Crippen LogP contribution in [0.5, 0.6) is 0 Å². The third kappa shape index (κ3) is 14.2. The maximum atomic E-state index is 14.1. The van der Waals surface area contributed by atoms with Crippen molar-refractivity contribution < 1.29 is 76.3 Å². The molecule has 2 N–H and O–H groups in total. The zero-order valence-corrected chi connectivity index (χ0v) is 43.4. The van der Waals surface area contributed by atoms with Gasteiger partial charge in [0, 0.05) is 14.0 Å². The smallest absolute Gasteiger partial charge is 0.338 e. The molecule has 4 aliphatic heterocycles. The van der Waals surface area contributed by atoms with Gasteiger partial charge in [-0.05, 0) is 55.2 Å². The summed E-state index contributed by atoms with van der Waals surface area (Å²) in [7, 11) is 1.44. The minimum Gasteiger partial charge on any atom is -0.450 e. The fourth-order valence-electron chi connectivity index (χ4n) is 9.93. The Hall–Kier alpha value is -5.48. The number of hydrogen-bond acceptors (Lipinski definition) is 16. The predicted molar refractivity (Wildman–Crippen MR) is 274 cm³/mol. The van der Waals surface area contributed by atoms with E-state index in [2.05, 4.69) is 5.32 Å². The van der Waals surface area contributed by atoms with Crippen LogP contribution in [0.4, 0.5) is 0 Å². The Morgan fingerprint density at radius 1 is 0.605 bits per heavy atom. The molecule has 0 aliphatic carbocycles. The van der Waals surface area contributed by atoms with Crippen LogP contribution in [0.1, 0.15) is 60.3 Å². The normalized spacial score (nSPS) is 31.2. The first-order valence-corrected chi connectivity index (χ1v) is 25.8. The molecule has 0 aromatic heterocycles. The van der Waals surface area contributed by atoms with Crippen LogP contribution in [0.15, 0.2) is 152 Å². The molecule has 0 bridgehead atoms. The monoisotopic (exact) mass is 1050 g/mol. The summed E-state index contributed by atoms with van der Waals surface area (Å²) in [5.41, 5.74) is 3.89. The molecule has 17 heteroatoms. The maximum Gasteiger partial charge on any atom is 0.338 e. The van der Waals surface area contributed by atoms with E-state index >= 15 is 0 Å². The second kappa shape index (κ2) is 26.2. The van der Waals surface area contributed by atoms with Crippen LogP contribution in [0.25, 0.3) is 0 Å². The molecule has 0 radical (unpaired) electrons. The van der Waals surface area contributed by atoms with Gasteiger partial charge in [-0.3, -0.25) is 4.79 Å². The molecule has 4 aliphatic rings. The predicted octanol–water partition coefficient (Wildman–Crippen LogP) is 6.81. The van der Waals surface area contributed by atoms with E-state index in [9.17, 15) is 14.7 Å². The molecular formula is C59H69NO16. The van der Waals surface area contributed by atoms with Crippen LogP contribution in [0.2, 0.25) is 0 Å². The highest BCUT2D eigenvalue weighted by Crippen LogP contribution is 2.39. The first kappa shape index (κ1) is 55.3. The average molecular weight is 1050 g/mol. The highest BCUT2D eigenvalue weighted by molar-refractivity contribution is 5.89. The van der Waals surface area contributed by atoms with Crippen LogP contribution in [0.3, 0.4) is 0 Å². The van der Waals surface area contributed by atoms with Gasteiger partial charge in [0.2, 0.25) is 5.91 Å². The van der Waals surface area contributed by atoms with Crippen LogP contribution >= 0.6 is 0 Å². The highest BCUT2D eigenvalue weighted by atomic mass is 16.8. The Bertz CT molecular complexity index is 2550. The molecule has 9 rings (SSSR count). The van der Waals surface area contributed by atoms with E-state index in [-0.39, 0.29) is 45.2 Å². The number of aliphatic hydroxyl groups is 1. The van der Waals surface area contributed by atoms with E-state index in [1.165, 1.54) is 14.0 Å². The highest BCUT2D eigenvalue weighted by Gasteiger charge is 2.58. The number of carbonyl (C=O) groups is 2. The number of carbonyl (C=O) groups excluding carboxylic acids is 2. The largest absolute Gasteiger partial charge is 0.450 e. The summed E-state index contributed by atoms with van der Waals surface area (Å²) in [4.78, 5) is 26.9. The van der Waals surface area contributed by atoms with Crippen LogP contribution in [-0.2, 0) is 92.8 Å². The minimum atomic E-state index is -1.64. The second-order valence-corrected chi connectivity index (χ2v) is 19.8. The Morgan fingerprint density at radius 2 is 1.11 bits per heavy atom. The Balaban J connectivity index is 1.07. The summed E-state index contributed by atoms with van der Waals surface area (Å²) in [6.45, 7) is 7.54. The van der Waals surface area contributed by atoms with E-state index < -0.39 is 110 Å². The molecule has 15 atom stereocenters. The van der Waals surface area contributed by atoms with Gasteiger partial charge in [-0.2, -0.15) is 0 Å². The fraction of sp³-hybridized carbons (Fsp3) is 0.458. The molecule has 0 unspecified atom stereocenters. The van der Waals surface area contributed by atoms with Gasteiger partial charge in [-0.15, -0.1) is 0 Å². The molecular weight excluding hydrogens is 979 g/mol. The van der Waals surface area contributed by atoms with Gasteiger partial charge in [0.05, 0.1) is 51.3 Å². The number of esters is 1. The average Bonchev–Trinajstić information content (AvgIpc) is 3.44. The molecule has 4 saturated heterocycles. The third-order valence-corrected chi connectivity index (χ3v) is 13.7. The fourth-order valence-corrected chi connectivity index (χ4v) is 9.93. The molecule has 5 aromatic carbocycles. The number of fused-ring (bicyclic) bond motifs is 1. The molecule has 0 spiro atoms. The van der Waals surface area contributed by atoms with Crippen molar-refractivity contribution in [3.05, 3.63) is 179 Å². The molecule has 406 valence electrons. The number of rotatable bonds is 21. The van der Waals surface area contributed by atoms with E-state index in [0.717, 1.165) is 22.3 Å². The van der Waals surface area contributed by atoms with E-state index in [1.807, 2.05) is 121 Å². The lowest BCUT2D eigenvalue weighted by Gasteiger charge is -2.53. The lowest BCUT2D eigenvalue weighted by Crippen LogP contribution is -2.71. The van der Waals surface area contributed by atoms with Crippen molar-refractivity contribution >= 4 is 11.9 Å². The summed E-state index contributed by atoms with van der Waals surface area (Å²) >= 11 is 0. The standard InChI is InChI=1S/C59H69NO16/c1-37-48(47(62)52(73-55(63)43-29-19-10-20-30-43)57(70-37)75-51-46(60-38(2)61)56(64-5)71-45-36-69-59(3,4)76-50(45)51)74-58-54(68-34-42-27-17-9-18-28-42)53(67-33-41-25-15-8-16-26-41)49(66-32-40-23-13-7-14-24-40)44(72-58)35-65-31-39-21-11-6-12-22-39/h6-30,37,44-54,56-58,62H,31-36H2,1-5H3,(H,60,61)/t37-,44+,45+,46+,47+,48-,49+,50+,51+,52+,53-,54+,56+,57-,58+/m0/s1. The van der Waals surface area contributed by atoms with Crippen molar-refractivity contribution in [1.29, 1.82) is 0 Å². The van der Waals surface area contributed by atoms with Gasteiger partial charge < -0.3 is 72.0 Å². The number of hydrogen-bond donors (Lipinski definition) is 2. The van der Waals surface area contributed by atoms with Gasteiger partial charge in [0.15, 0.2) is 30.8 Å². The van der Waals surface area contributed by atoms with Crippen molar-refractivity contribution in [2.75, 3.05) is 20.3 Å². The summed E-state index contributed by atoms with van der Waals surface area (Å²) in [6, 6.07) is 46.5. The van der Waals surface area contributed by atoms with Crippen molar-refractivity contribution in [3.8, 4) is 0 Å². The summed E-state index contributed by atoms with van der Waals surface area (Å²) in [5, 5.41) is 15.8. The topological polar surface area (TPSA) is 186 Å². The first-order valence-electron chi connectivity index (χ1n) is 25.8. The number of nitrogens with one attached hydrogen (secondary N) is 1. The third-order valence-electron chi connectivity index (χ3n) is 13.7. The van der Waals surface area contributed by atoms with Crippen molar-refractivity contribution in [2.45, 2.75) is 152 Å². The molecule has 4 heterocycles. The quantitative estimate of drug-likeness (QED) is 0.0730. The van der Waals surface area contributed by atoms with Gasteiger partial charge in [-0.25, -0.2) is 4.79 Å². The summed E-state index contributed by atoms with van der Waals surface area (Å²) < 4.78 is 85.4. The van der Waals surface area contributed by atoms with E-state index in [1.54, 1.807) is 51.1 Å². The van der Waals surface area contributed by atoms with E-state index in [4.69, 9.17) is 61.6 Å². The molecule has 0 saturated carbocycles. The van der Waals surface area contributed by atoms with Gasteiger partial charge >= 0.3 is 5.97 Å². The number of methoxy groups -OCH3 is 1. The minimum absolute atomic E-state index is 0.0480. The van der Waals surface area contributed by atoms with Crippen LogP contribution in [-0.4, -0.2) is 135 Å². The lowest BCUT2D eigenvalue weighted by atomic mass is 9.94. The number of aliphatic hydroxyl groups excluding tert-OH is 1. The van der Waals surface area contributed by atoms with Crippen LogP contribution in [0, 0.1) is 0 Å². The molecule has 5 aromatic rings. The molecule has 1 amide bonds. The Labute approximate surface area is 443 Å². The lowest BCUT2D eigenvalue weighted by molar-refractivity contribution is -0.397. The Morgan fingerprint density at radius 3 is 1.66 bits per heavy atom. The first-order chi connectivity index (χ1) is 36.9. The maximum absolute atomic E-state index is 14.1. The number of benzene rings is 5.